The number of halogens is 3. The van der Waals surface area contributed by atoms with E-state index in [1.165, 1.54) is 24.4 Å². The molecule has 0 atom stereocenters. The molecule has 7 heteroatoms. The van der Waals surface area contributed by atoms with Crippen molar-refractivity contribution in [1.29, 1.82) is 0 Å². The van der Waals surface area contributed by atoms with Gasteiger partial charge >= 0.3 is 12.1 Å². The standard InChI is InChI=1S/C20H17F3N2O2/c1-11-6-7-15(12(2)25-11)18-17(19(26)27)16(8-9-24-18)13-4-3-5-14(10-13)20(21,22)23/h3-6,8-10,25H,7H2,1-2H3,(H,26,27). The Morgan fingerprint density at radius 2 is 1.96 bits per heavy atom. The highest BCUT2D eigenvalue weighted by molar-refractivity contribution is 6.00. The third kappa shape index (κ3) is 3.72. The van der Waals surface area contributed by atoms with Gasteiger partial charge in [-0.3, -0.25) is 4.98 Å². The summed E-state index contributed by atoms with van der Waals surface area (Å²) in [4.78, 5) is 16.2. The lowest BCUT2D eigenvalue weighted by atomic mass is 9.92. The second-order valence-electron chi connectivity index (χ2n) is 6.29. The van der Waals surface area contributed by atoms with Gasteiger partial charge in [0.25, 0.3) is 0 Å². The van der Waals surface area contributed by atoms with Crippen LogP contribution in [0.5, 0.6) is 0 Å². The van der Waals surface area contributed by atoms with E-state index < -0.39 is 17.7 Å². The molecule has 140 valence electrons. The number of alkyl halides is 3. The van der Waals surface area contributed by atoms with E-state index in [9.17, 15) is 23.1 Å². The summed E-state index contributed by atoms with van der Waals surface area (Å²) in [6.45, 7) is 3.71. The van der Waals surface area contributed by atoms with Crippen LogP contribution >= 0.6 is 0 Å². The molecule has 0 aliphatic carbocycles. The SMILES string of the molecule is CC1=CCC(c2nccc(-c3cccc(C(F)(F)F)c3)c2C(=O)O)=C(C)N1. The van der Waals surface area contributed by atoms with Crippen LogP contribution in [0.4, 0.5) is 13.2 Å². The van der Waals surface area contributed by atoms with Crippen molar-refractivity contribution in [1.82, 2.24) is 10.3 Å². The van der Waals surface area contributed by atoms with Crippen LogP contribution in [0.15, 0.2) is 54.0 Å². The molecule has 4 nitrogen and oxygen atoms in total. The predicted molar refractivity (Wildman–Crippen MR) is 95.7 cm³/mol. The monoisotopic (exact) mass is 374 g/mol. The first kappa shape index (κ1) is 18.7. The molecular weight excluding hydrogens is 357 g/mol. The zero-order valence-corrected chi connectivity index (χ0v) is 14.7. The number of rotatable bonds is 3. The van der Waals surface area contributed by atoms with Gasteiger partial charge in [0.1, 0.15) is 0 Å². The van der Waals surface area contributed by atoms with Gasteiger partial charge < -0.3 is 10.4 Å². The molecule has 0 saturated heterocycles. The van der Waals surface area contributed by atoms with E-state index in [-0.39, 0.29) is 22.4 Å². The molecule has 0 fully saturated rings. The van der Waals surface area contributed by atoms with Crippen molar-refractivity contribution in [3.8, 4) is 11.1 Å². The zero-order chi connectivity index (χ0) is 19.8. The number of pyridine rings is 1. The summed E-state index contributed by atoms with van der Waals surface area (Å²) < 4.78 is 39.1. The number of carboxylic acid groups (broad SMARTS) is 1. The number of nitrogens with one attached hydrogen (secondary N) is 1. The molecule has 1 aliphatic heterocycles. The van der Waals surface area contributed by atoms with Gasteiger partial charge in [-0.25, -0.2) is 4.79 Å². The molecule has 0 unspecified atom stereocenters. The normalized spacial score (nSPS) is 14.6. The molecule has 0 spiro atoms. The minimum atomic E-state index is -4.51. The van der Waals surface area contributed by atoms with E-state index in [2.05, 4.69) is 10.3 Å². The summed E-state index contributed by atoms with van der Waals surface area (Å²) in [5, 5.41) is 12.9. The van der Waals surface area contributed by atoms with Gasteiger partial charge in [-0.2, -0.15) is 13.2 Å². The van der Waals surface area contributed by atoms with E-state index in [0.29, 0.717) is 12.0 Å². The maximum Gasteiger partial charge on any atom is 0.416 e. The number of dihydropyridines is 1. The quantitative estimate of drug-likeness (QED) is 0.785. The van der Waals surface area contributed by atoms with Gasteiger partial charge in [0, 0.05) is 23.2 Å². The Morgan fingerprint density at radius 3 is 2.59 bits per heavy atom. The summed E-state index contributed by atoms with van der Waals surface area (Å²) in [6.07, 6.45) is -0.691. The van der Waals surface area contributed by atoms with E-state index >= 15 is 0 Å². The average molecular weight is 374 g/mol. The summed E-state index contributed by atoms with van der Waals surface area (Å²) in [6, 6.07) is 6.07. The van der Waals surface area contributed by atoms with Crippen molar-refractivity contribution in [2.24, 2.45) is 0 Å². The second-order valence-corrected chi connectivity index (χ2v) is 6.29. The molecule has 2 aromatic rings. The fourth-order valence-corrected chi connectivity index (χ4v) is 3.12. The summed E-state index contributed by atoms with van der Waals surface area (Å²) in [5.41, 5.74) is 2.11. The number of aromatic carboxylic acids is 1. The van der Waals surface area contributed by atoms with Gasteiger partial charge in [0.05, 0.1) is 16.8 Å². The van der Waals surface area contributed by atoms with Gasteiger partial charge in [-0.15, -0.1) is 0 Å². The minimum Gasteiger partial charge on any atom is -0.478 e. The highest BCUT2D eigenvalue weighted by Gasteiger charge is 2.31. The van der Waals surface area contributed by atoms with Crippen molar-refractivity contribution in [2.75, 3.05) is 0 Å². The van der Waals surface area contributed by atoms with Gasteiger partial charge in [-0.1, -0.05) is 18.2 Å². The maximum absolute atomic E-state index is 13.0. The third-order valence-corrected chi connectivity index (χ3v) is 4.40. The molecule has 2 N–H and O–H groups in total. The number of aromatic nitrogens is 1. The fraction of sp³-hybridized carbons (Fsp3) is 0.200. The van der Waals surface area contributed by atoms with E-state index in [4.69, 9.17) is 0 Å². The molecule has 1 aromatic carbocycles. The van der Waals surface area contributed by atoms with Crippen LogP contribution in [0.2, 0.25) is 0 Å². The lowest BCUT2D eigenvalue weighted by Gasteiger charge is -2.20. The Bertz CT molecular complexity index is 975. The molecular formula is C20H17F3N2O2. The summed E-state index contributed by atoms with van der Waals surface area (Å²) in [7, 11) is 0. The Labute approximate surface area is 154 Å². The van der Waals surface area contributed by atoms with Crippen LogP contribution in [0.1, 0.15) is 41.9 Å². The number of hydrogen-bond donors (Lipinski definition) is 2. The van der Waals surface area contributed by atoms with Crippen LogP contribution in [0.3, 0.4) is 0 Å². The second kappa shape index (κ2) is 6.90. The van der Waals surface area contributed by atoms with Crippen LogP contribution < -0.4 is 5.32 Å². The highest BCUT2D eigenvalue weighted by atomic mass is 19.4. The van der Waals surface area contributed by atoms with Crippen LogP contribution in [-0.4, -0.2) is 16.1 Å². The number of nitrogens with zero attached hydrogens (tertiary/aromatic N) is 1. The summed E-state index contributed by atoms with van der Waals surface area (Å²) in [5.74, 6) is -1.24. The largest absolute Gasteiger partial charge is 0.478 e. The molecule has 3 rings (SSSR count). The number of carboxylic acids is 1. The topological polar surface area (TPSA) is 62.2 Å². The number of hydrogen-bond acceptors (Lipinski definition) is 3. The molecule has 0 amide bonds. The first-order valence-corrected chi connectivity index (χ1v) is 8.22. The fourth-order valence-electron chi connectivity index (χ4n) is 3.12. The lowest BCUT2D eigenvalue weighted by Crippen LogP contribution is -2.16. The Kier molecular flexibility index (Phi) is 4.78. The number of allylic oxidation sites excluding steroid dienone is 4. The van der Waals surface area contributed by atoms with Crippen molar-refractivity contribution >= 4 is 11.5 Å². The lowest BCUT2D eigenvalue weighted by molar-refractivity contribution is -0.137. The van der Waals surface area contributed by atoms with E-state index in [1.807, 2.05) is 19.9 Å². The highest BCUT2D eigenvalue weighted by Crippen LogP contribution is 2.36. The van der Waals surface area contributed by atoms with Crippen LogP contribution in [-0.2, 0) is 6.18 Å². The first-order valence-electron chi connectivity index (χ1n) is 8.22. The van der Waals surface area contributed by atoms with Gasteiger partial charge in [-0.05, 0) is 49.6 Å². The number of benzene rings is 1. The molecule has 2 heterocycles. The smallest absolute Gasteiger partial charge is 0.416 e. The molecule has 1 aliphatic rings. The number of carbonyl (C=O) groups is 1. The summed E-state index contributed by atoms with van der Waals surface area (Å²) >= 11 is 0. The zero-order valence-electron chi connectivity index (χ0n) is 14.7. The van der Waals surface area contributed by atoms with Gasteiger partial charge in [0.2, 0.25) is 0 Å². The Morgan fingerprint density at radius 1 is 1.22 bits per heavy atom. The van der Waals surface area contributed by atoms with Crippen molar-refractivity contribution in [2.45, 2.75) is 26.4 Å². The van der Waals surface area contributed by atoms with E-state index in [1.54, 1.807) is 0 Å². The van der Waals surface area contributed by atoms with E-state index in [0.717, 1.165) is 23.5 Å². The predicted octanol–water partition coefficient (Wildman–Crippen LogP) is 5.09. The molecule has 0 radical (unpaired) electrons. The Hall–Kier alpha value is -3.09. The first-order chi connectivity index (χ1) is 12.7. The minimum absolute atomic E-state index is 0.110. The van der Waals surface area contributed by atoms with Crippen LogP contribution in [0.25, 0.3) is 16.7 Å². The third-order valence-electron chi connectivity index (χ3n) is 4.40. The van der Waals surface area contributed by atoms with Crippen molar-refractivity contribution in [3.05, 3.63) is 70.8 Å². The van der Waals surface area contributed by atoms with Crippen molar-refractivity contribution in [3.63, 3.8) is 0 Å². The molecule has 0 bridgehead atoms. The molecule has 1 aromatic heterocycles. The molecule has 27 heavy (non-hydrogen) atoms. The van der Waals surface area contributed by atoms with Crippen LogP contribution in [0, 0.1) is 0 Å². The van der Waals surface area contributed by atoms with Gasteiger partial charge in [0.15, 0.2) is 0 Å². The van der Waals surface area contributed by atoms with Crippen molar-refractivity contribution < 1.29 is 23.1 Å². The molecule has 0 saturated carbocycles. The maximum atomic E-state index is 13.0. The average Bonchev–Trinajstić information content (AvgIpc) is 2.60. The Balaban J connectivity index is 2.20.